The Labute approximate surface area is 352 Å². The highest BCUT2D eigenvalue weighted by Gasteiger charge is 2.40. The molecular formula is C47H45Cl2N5O5. The fourth-order valence-corrected chi connectivity index (χ4v) is 9.50. The third-order valence-electron chi connectivity index (χ3n) is 11.6. The van der Waals surface area contributed by atoms with Gasteiger partial charge in [0.15, 0.2) is 5.78 Å². The summed E-state index contributed by atoms with van der Waals surface area (Å²) in [6.45, 7) is 12.5. The molecule has 1 N–H and O–H groups in total. The lowest BCUT2D eigenvalue weighted by Crippen LogP contribution is -2.29. The van der Waals surface area contributed by atoms with Gasteiger partial charge in [-0.15, -0.1) is 0 Å². The van der Waals surface area contributed by atoms with Gasteiger partial charge in [0.25, 0.3) is 0 Å². The Bertz CT molecular complexity index is 2780. The zero-order valence-corrected chi connectivity index (χ0v) is 35.6. The van der Waals surface area contributed by atoms with Gasteiger partial charge in [0.2, 0.25) is 0 Å². The maximum absolute atomic E-state index is 15.5. The molecule has 0 bridgehead atoms. The number of benzene rings is 3. The lowest BCUT2D eigenvalue weighted by Gasteiger charge is -2.31. The number of halogens is 2. The summed E-state index contributed by atoms with van der Waals surface area (Å²) in [4.78, 5) is 42.3. The number of aromatic carboxylic acids is 1. The van der Waals surface area contributed by atoms with E-state index in [1.165, 1.54) is 0 Å². The van der Waals surface area contributed by atoms with Gasteiger partial charge in [-0.05, 0) is 126 Å². The average molecular weight is 831 g/mol. The number of carboxylic acid groups (broad SMARTS) is 1. The van der Waals surface area contributed by atoms with Gasteiger partial charge in [-0.25, -0.2) is 14.8 Å². The minimum absolute atomic E-state index is 0.0521. The van der Waals surface area contributed by atoms with Crippen LogP contribution >= 0.6 is 23.2 Å². The summed E-state index contributed by atoms with van der Waals surface area (Å²) >= 11 is 13.6. The monoisotopic (exact) mass is 829 g/mol. The topological polar surface area (TPSA) is 121 Å². The van der Waals surface area contributed by atoms with Gasteiger partial charge in [0.1, 0.15) is 23.0 Å². The highest BCUT2D eigenvalue weighted by Crippen LogP contribution is 2.49. The Balaban J connectivity index is 1.31. The summed E-state index contributed by atoms with van der Waals surface area (Å²) in [5.41, 5.74) is 9.69. The van der Waals surface area contributed by atoms with Crippen LogP contribution in [0.2, 0.25) is 10.0 Å². The Kier molecular flexibility index (Phi) is 10.7. The van der Waals surface area contributed by atoms with E-state index in [2.05, 4.69) is 16.5 Å². The number of aryl methyl sites for hydroxylation is 6. The number of methoxy groups -OCH3 is 1. The zero-order chi connectivity index (χ0) is 41.9. The van der Waals surface area contributed by atoms with Crippen LogP contribution in [0.15, 0.2) is 66.9 Å². The largest absolute Gasteiger partial charge is 0.496 e. The highest BCUT2D eigenvalue weighted by molar-refractivity contribution is 6.35. The van der Waals surface area contributed by atoms with Gasteiger partial charge >= 0.3 is 5.97 Å². The number of hydrogen-bond donors (Lipinski definition) is 1. The molecule has 8 rings (SSSR count). The van der Waals surface area contributed by atoms with Crippen LogP contribution in [0.5, 0.6) is 11.5 Å². The Hall–Kier alpha value is -5.71. The second-order valence-corrected chi connectivity index (χ2v) is 16.3. The molecule has 0 radical (unpaired) electrons. The number of carbonyl (C=O) groups excluding carboxylic acids is 1. The fourth-order valence-electron chi connectivity index (χ4n) is 9.14. The third-order valence-corrected chi connectivity index (χ3v) is 12.5. The first-order chi connectivity index (χ1) is 28.3. The molecule has 1 unspecified atom stereocenters. The highest BCUT2D eigenvalue weighted by atomic mass is 35.5. The normalized spacial score (nSPS) is 15.2. The van der Waals surface area contributed by atoms with E-state index in [0.717, 1.165) is 66.4 Å². The second-order valence-electron chi connectivity index (χ2n) is 15.5. The maximum atomic E-state index is 15.5. The second kappa shape index (κ2) is 15.8. The van der Waals surface area contributed by atoms with E-state index in [4.69, 9.17) is 42.6 Å². The number of hydrogen-bond acceptors (Lipinski definition) is 7. The maximum Gasteiger partial charge on any atom is 0.352 e. The van der Waals surface area contributed by atoms with Crippen LogP contribution in [0, 0.1) is 34.6 Å². The number of fused-ring (bicyclic) bond motifs is 4. The van der Waals surface area contributed by atoms with Gasteiger partial charge in [-0.3, -0.25) is 9.78 Å². The van der Waals surface area contributed by atoms with Crippen molar-refractivity contribution < 1.29 is 24.2 Å². The summed E-state index contributed by atoms with van der Waals surface area (Å²) in [5.74, 6) is 0.200. The number of carbonyl (C=O) groups is 2. The molecule has 10 nitrogen and oxygen atoms in total. The molecule has 0 saturated heterocycles. The third kappa shape index (κ3) is 7.02. The molecule has 302 valence electrons. The van der Waals surface area contributed by atoms with Crippen LogP contribution in [0.3, 0.4) is 0 Å². The lowest BCUT2D eigenvalue weighted by atomic mass is 9.82. The molecule has 1 aliphatic rings. The van der Waals surface area contributed by atoms with Gasteiger partial charge in [0, 0.05) is 50.5 Å². The van der Waals surface area contributed by atoms with Crippen molar-refractivity contribution in [2.24, 2.45) is 0 Å². The van der Waals surface area contributed by atoms with Crippen molar-refractivity contribution in [1.29, 1.82) is 0 Å². The molecule has 0 spiro atoms. The number of rotatable bonds is 11. The Morgan fingerprint density at radius 2 is 1.64 bits per heavy atom. The van der Waals surface area contributed by atoms with E-state index in [0.29, 0.717) is 64.8 Å². The minimum Gasteiger partial charge on any atom is -0.496 e. The number of nitrogens with zero attached hydrogens (tertiary/aromatic N) is 5. The van der Waals surface area contributed by atoms with Crippen LogP contribution in [0.25, 0.3) is 32.9 Å². The molecule has 5 heterocycles. The number of Topliss-reactive ketones (excluding diaryl/α,β-unsaturated/α-hetero) is 1. The number of ketones is 1. The standard InChI is InChI=1S/C47H45Cl2N5O5/c1-24-19-31(20-25(2)42(24)49)59-18-10-12-32-33-13-15-37(48)41(40-27(4)51-29(6)52-28(40)5)44(33)54-26(3)21-35(46(55)45(32)54)34-14-16-39(58-7)36-22-38(47(56)57)53(43(34)36)23-30-11-8-9-17-50-30/h8-9,11,13-17,19-20,22,26,35H,10,12,18,21,23H2,1-7H3,(H,56,57)/t26-,35?/m1/s1. The van der Waals surface area contributed by atoms with Crippen molar-refractivity contribution in [3.63, 3.8) is 0 Å². The minimum atomic E-state index is -1.09. The van der Waals surface area contributed by atoms with E-state index in [-0.39, 0.29) is 24.1 Å². The first-order valence-corrected chi connectivity index (χ1v) is 20.5. The van der Waals surface area contributed by atoms with Gasteiger partial charge in [0.05, 0.1) is 53.6 Å². The van der Waals surface area contributed by atoms with E-state index in [9.17, 15) is 9.90 Å². The Morgan fingerprint density at radius 1 is 0.915 bits per heavy atom. The summed E-state index contributed by atoms with van der Waals surface area (Å²) in [7, 11) is 1.56. The number of ether oxygens (including phenoxy) is 2. The van der Waals surface area contributed by atoms with Gasteiger partial charge < -0.3 is 23.7 Å². The van der Waals surface area contributed by atoms with Crippen molar-refractivity contribution in [3.8, 4) is 22.6 Å². The van der Waals surface area contributed by atoms with Crippen LogP contribution in [0.4, 0.5) is 0 Å². The van der Waals surface area contributed by atoms with Gasteiger partial charge in [-0.1, -0.05) is 41.4 Å². The summed E-state index contributed by atoms with van der Waals surface area (Å²) in [6, 6.07) is 18.6. The van der Waals surface area contributed by atoms with Crippen molar-refractivity contribution >= 4 is 56.8 Å². The first-order valence-electron chi connectivity index (χ1n) is 19.7. The summed E-state index contributed by atoms with van der Waals surface area (Å²) < 4.78 is 16.0. The molecule has 0 amide bonds. The smallest absolute Gasteiger partial charge is 0.352 e. The molecule has 0 aliphatic carbocycles. The van der Waals surface area contributed by atoms with Crippen LogP contribution in [-0.4, -0.2) is 54.7 Å². The molecular weight excluding hydrogens is 785 g/mol. The number of carboxylic acids is 1. The van der Waals surface area contributed by atoms with E-state index in [1.807, 2.05) is 89.2 Å². The fraction of sp³-hybridized carbons (Fsp3) is 0.298. The van der Waals surface area contributed by atoms with Crippen LogP contribution in [0.1, 0.15) is 97.9 Å². The zero-order valence-electron chi connectivity index (χ0n) is 34.1. The SMILES string of the molecule is COc1ccc(C2C[C@@H](C)n3c(c(CCCOc4cc(C)c(Cl)c(C)c4)c4ccc(Cl)c(-c5c(C)nc(C)nc5C)c43)C2=O)c2c1cc(C(=O)O)n2Cc1ccccn1. The van der Waals surface area contributed by atoms with E-state index >= 15 is 4.79 Å². The van der Waals surface area contributed by atoms with Gasteiger partial charge in [-0.2, -0.15) is 0 Å². The van der Waals surface area contributed by atoms with Crippen molar-refractivity contribution in [2.45, 2.75) is 79.3 Å². The molecule has 2 atom stereocenters. The predicted octanol–water partition coefficient (Wildman–Crippen LogP) is 11.0. The lowest BCUT2D eigenvalue weighted by molar-refractivity contribution is 0.0686. The molecule has 4 aromatic heterocycles. The molecule has 12 heteroatoms. The summed E-state index contributed by atoms with van der Waals surface area (Å²) in [5, 5.41) is 13.3. The molecule has 1 aliphatic heterocycles. The van der Waals surface area contributed by atoms with E-state index in [1.54, 1.807) is 23.9 Å². The van der Waals surface area contributed by atoms with Crippen molar-refractivity contribution in [1.82, 2.24) is 24.1 Å². The average Bonchev–Trinajstić information content (AvgIpc) is 3.74. The van der Waals surface area contributed by atoms with Crippen LogP contribution < -0.4 is 9.47 Å². The quantitative estimate of drug-likeness (QED) is 0.128. The number of aromatic nitrogens is 5. The molecule has 7 aromatic rings. The molecule has 0 saturated carbocycles. The first kappa shape index (κ1) is 40.1. The van der Waals surface area contributed by atoms with E-state index < -0.39 is 11.9 Å². The number of pyridine rings is 1. The predicted molar refractivity (Wildman–Crippen MR) is 232 cm³/mol. The molecule has 3 aromatic carbocycles. The summed E-state index contributed by atoms with van der Waals surface area (Å²) in [6.07, 6.45) is 3.32. The molecule has 59 heavy (non-hydrogen) atoms. The van der Waals surface area contributed by atoms with Crippen LogP contribution in [-0.2, 0) is 13.0 Å². The van der Waals surface area contributed by atoms with Crippen molar-refractivity contribution in [3.05, 3.63) is 133 Å². The molecule has 0 fully saturated rings. The Morgan fingerprint density at radius 3 is 2.31 bits per heavy atom. The van der Waals surface area contributed by atoms with Crippen molar-refractivity contribution in [2.75, 3.05) is 13.7 Å².